The molecule has 0 bridgehead atoms. The van der Waals surface area contributed by atoms with Crippen LogP contribution < -0.4 is 9.62 Å². The maximum absolute atomic E-state index is 13.5. The van der Waals surface area contributed by atoms with Crippen molar-refractivity contribution in [2.24, 2.45) is 5.92 Å². The summed E-state index contributed by atoms with van der Waals surface area (Å²) in [6.45, 7) is 3.39. The van der Waals surface area contributed by atoms with Crippen LogP contribution >= 0.6 is 0 Å². The molecule has 1 saturated heterocycles. The lowest BCUT2D eigenvalue weighted by Gasteiger charge is -2.39. The Balaban J connectivity index is 1.69. The third-order valence-corrected chi connectivity index (χ3v) is 6.68. The van der Waals surface area contributed by atoms with E-state index in [1.54, 1.807) is 12.1 Å². The van der Waals surface area contributed by atoms with Crippen molar-refractivity contribution in [1.29, 1.82) is 5.26 Å². The average Bonchev–Trinajstić information content (AvgIpc) is 2.77. The molecule has 0 unspecified atom stereocenters. The van der Waals surface area contributed by atoms with Gasteiger partial charge in [0.25, 0.3) is 6.43 Å². The molecule has 0 radical (unpaired) electrons. The first-order valence-electron chi connectivity index (χ1n) is 10.9. The number of sulfonamides is 1. The normalized spacial score (nSPS) is 13.8. The lowest BCUT2D eigenvalue weighted by atomic mass is 9.98. The Morgan fingerprint density at radius 2 is 1.86 bits per heavy atom. The van der Waals surface area contributed by atoms with Crippen LogP contribution in [-0.2, 0) is 31.7 Å². The average molecular weight is 507 g/mol. The van der Waals surface area contributed by atoms with E-state index >= 15 is 0 Å². The Labute approximate surface area is 201 Å². The number of pyridine rings is 1. The summed E-state index contributed by atoms with van der Waals surface area (Å²) < 4.78 is 58.7. The van der Waals surface area contributed by atoms with Crippen LogP contribution in [0.4, 0.5) is 14.6 Å². The summed E-state index contributed by atoms with van der Waals surface area (Å²) in [5.41, 5.74) is 0.110. The molecular formula is C23H24F2N4O5S. The minimum absolute atomic E-state index is 0.0321. The number of hydrogen-bond donors (Lipinski definition) is 1. The van der Waals surface area contributed by atoms with Gasteiger partial charge in [-0.15, -0.1) is 0 Å². The smallest absolute Gasteiger partial charge is 0.340 e. The molecule has 1 aliphatic rings. The first kappa shape index (κ1) is 26.0. The molecule has 3 rings (SSSR count). The number of aryl methyl sites for hydroxylation is 1. The highest BCUT2D eigenvalue weighted by Crippen LogP contribution is 2.31. The SMILES string of the molecule is CCOC(=O)c1cc(C#N)c(N2CC(C(=O)NS(=O)(=O)Cc3ccc(CC)cc3)C2)nc1C(F)F. The predicted octanol–water partition coefficient (Wildman–Crippen LogP) is 2.71. The largest absolute Gasteiger partial charge is 0.462 e. The van der Waals surface area contributed by atoms with Crippen LogP contribution in [0.2, 0.25) is 0 Å². The summed E-state index contributed by atoms with van der Waals surface area (Å²) >= 11 is 0. The maximum Gasteiger partial charge on any atom is 0.340 e. The molecule has 1 aromatic heterocycles. The van der Waals surface area contributed by atoms with Crippen molar-refractivity contribution in [2.45, 2.75) is 32.4 Å². The first-order chi connectivity index (χ1) is 16.6. The van der Waals surface area contributed by atoms with Gasteiger partial charge < -0.3 is 9.64 Å². The molecule has 1 aromatic carbocycles. The van der Waals surface area contributed by atoms with Gasteiger partial charge in [0.05, 0.1) is 29.4 Å². The van der Waals surface area contributed by atoms with E-state index in [9.17, 15) is 32.0 Å². The second kappa shape index (κ2) is 10.8. The van der Waals surface area contributed by atoms with E-state index in [1.165, 1.54) is 11.8 Å². The zero-order valence-electron chi connectivity index (χ0n) is 19.1. The molecule has 1 fully saturated rings. The maximum atomic E-state index is 13.5. The van der Waals surface area contributed by atoms with Crippen molar-refractivity contribution in [3.05, 3.63) is 58.3 Å². The van der Waals surface area contributed by atoms with E-state index < -0.39 is 45.5 Å². The number of nitriles is 1. The number of hydrogen-bond acceptors (Lipinski definition) is 8. The number of halogens is 2. The summed E-state index contributed by atoms with van der Waals surface area (Å²) in [7, 11) is -3.94. The van der Waals surface area contributed by atoms with Crippen LogP contribution in [0, 0.1) is 17.2 Å². The van der Waals surface area contributed by atoms with Crippen molar-refractivity contribution >= 4 is 27.7 Å². The van der Waals surface area contributed by atoms with Gasteiger partial charge in [-0.05, 0) is 30.5 Å². The topological polar surface area (TPSA) is 129 Å². The number of alkyl halides is 2. The van der Waals surface area contributed by atoms with Gasteiger partial charge in [-0.2, -0.15) is 5.26 Å². The van der Waals surface area contributed by atoms with Gasteiger partial charge in [0.1, 0.15) is 17.6 Å². The monoisotopic (exact) mass is 506 g/mol. The summed E-state index contributed by atoms with van der Waals surface area (Å²) in [5, 5.41) is 9.44. The standard InChI is InChI=1S/C23H24F2N4O5S/c1-3-14-5-7-15(8-6-14)13-35(32,33)28-22(30)17-11-29(12-17)21-16(10-26)9-18(23(31)34-4-2)19(27-21)20(24)25/h5-9,17,20H,3-4,11-13H2,1-2H3,(H,28,30). The minimum Gasteiger partial charge on any atom is -0.462 e. The number of ether oxygens (including phenoxy) is 1. The highest BCUT2D eigenvalue weighted by molar-refractivity contribution is 7.89. The quantitative estimate of drug-likeness (QED) is 0.514. The van der Waals surface area contributed by atoms with Gasteiger partial charge in [0.2, 0.25) is 15.9 Å². The third kappa shape index (κ3) is 6.10. The van der Waals surface area contributed by atoms with Gasteiger partial charge in [-0.3, -0.25) is 9.52 Å². The number of aromatic nitrogens is 1. The molecular weight excluding hydrogens is 482 g/mol. The number of rotatable bonds is 9. The highest BCUT2D eigenvalue weighted by Gasteiger charge is 2.37. The zero-order chi connectivity index (χ0) is 25.8. The van der Waals surface area contributed by atoms with Crippen molar-refractivity contribution in [2.75, 3.05) is 24.6 Å². The minimum atomic E-state index is -3.94. The van der Waals surface area contributed by atoms with E-state index in [0.717, 1.165) is 18.1 Å². The summed E-state index contributed by atoms with van der Waals surface area (Å²) in [6, 6.07) is 9.80. The fourth-order valence-electron chi connectivity index (χ4n) is 3.56. The van der Waals surface area contributed by atoms with Gasteiger partial charge in [-0.1, -0.05) is 31.2 Å². The van der Waals surface area contributed by atoms with Crippen molar-refractivity contribution in [3.8, 4) is 6.07 Å². The van der Waals surface area contributed by atoms with Crippen LogP contribution in [0.3, 0.4) is 0 Å². The van der Waals surface area contributed by atoms with Gasteiger partial charge in [0, 0.05) is 13.1 Å². The fourth-order valence-corrected chi connectivity index (χ4v) is 4.74. The van der Waals surface area contributed by atoms with Crippen LogP contribution in [0.1, 0.15) is 53.0 Å². The molecule has 1 aliphatic heterocycles. The number of esters is 1. The predicted molar refractivity (Wildman–Crippen MR) is 122 cm³/mol. The molecule has 35 heavy (non-hydrogen) atoms. The lowest BCUT2D eigenvalue weighted by Crippen LogP contribution is -2.55. The van der Waals surface area contributed by atoms with Crippen molar-refractivity contribution < 1.29 is 31.5 Å². The molecule has 0 atom stereocenters. The van der Waals surface area contributed by atoms with Gasteiger partial charge in [0.15, 0.2) is 0 Å². The van der Waals surface area contributed by atoms with Crippen LogP contribution in [0.25, 0.3) is 0 Å². The molecule has 12 heteroatoms. The molecule has 0 aliphatic carbocycles. The number of nitrogens with zero attached hydrogens (tertiary/aromatic N) is 3. The molecule has 0 saturated carbocycles. The van der Waals surface area contributed by atoms with E-state index in [0.29, 0.717) is 5.56 Å². The molecule has 1 amide bonds. The van der Waals surface area contributed by atoms with Crippen molar-refractivity contribution in [1.82, 2.24) is 9.71 Å². The first-order valence-corrected chi connectivity index (χ1v) is 12.5. The summed E-state index contributed by atoms with van der Waals surface area (Å²) in [5.74, 6) is -2.98. The Morgan fingerprint density at radius 1 is 1.23 bits per heavy atom. The molecule has 2 heterocycles. The molecule has 0 spiro atoms. The molecule has 1 N–H and O–H groups in total. The van der Waals surface area contributed by atoms with E-state index in [2.05, 4.69) is 4.98 Å². The number of nitrogens with one attached hydrogen (secondary N) is 1. The Kier molecular flexibility index (Phi) is 8.01. The van der Waals surface area contributed by atoms with E-state index in [4.69, 9.17) is 4.74 Å². The van der Waals surface area contributed by atoms with Crippen LogP contribution in [0.15, 0.2) is 30.3 Å². The number of benzene rings is 1. The number of carbonyl (C=O) groups is 2. The van der Waals surface area contributed by atoms with Crippen LogP contribution in [-0.4, -0.2) is 45.0 Å². The summed E-state index contributed by atoms with van der Waals surface area (Å²) in [6.07, 6.45) is -2.29. The molecule has 186 valence electrons. The van der Waals surface area contributed by atoms with E-state index in [-0.39, 0.29) is 36.8 Å². The second-order valence-electron chi connectivity index (χ2n) is 7.92. The van der Waals surface area contributed by atoms with Gasteiger partial charge >= 0.3 is 5.97 Å². The highest BCUT2D eigenvalue weighted by atomic mass is 32.2. The van der Waals surface area contributed by atoms with E-state index in [1.807, 2.05) is 29.8 Å². The number of amides is 1. The fraction of sp³-hybridized carbons (Fsp3) is 0.391. The zero-order valence-corrected chi connectivity index (χ0v) is 19.9. The number of carbonyl (C=O) groups excluding carboxylic acids is 2. The van der Waals surface area contributed by atoms with Crippen LogP contribution in [0.5, 0.6) is 0 Å². The second-order valence-corrected chi connectivity index (χ2v) is 9.64. The third-order valence-electron chi connectivity index (χ3n) is 5.45. The molecule has 9 nitrogen and oxygen atoms in total. The molecule has 2 aromatic rings. The number of anilines is 1. The summed E-state index contributed by atoms with van der Waals surface area (Å²) in [4.78, 5) is 29.7. The Bertz CT molecular complexity index is 1250. The van der Waals surface area contributed by atoms with Crippen molar-refractivity contribution in [3.63, 3.8) is 0 Å². The van der Waals surface area contributed by atoms with Gasteiger partial charge in [-0.25, -0.2) is 27.0 Å². The Hall–Kier alpha value is -3.59. The Morgan fingerprint density at radius 3 is 2.40 bits per heavy atom. The lowest BCUT2D eigenvalue weighted by molar-refractivity contribution is -0.123.